The highest BCUT2D eigenvalue weighted by molar-refractivity contribution is 8.14. The highest BCUT2D eigenvalue weighted by Crippen LogP contribution is 2.40. The number of ether oxygens (including phenoxy) is 4. The Balaban J connectivity index is 1.68. The van der Waals surface area contributed by atoms with E-state index < -0.39 is 60.0 Å². The van der Waals surface area contributed by atoms with Gasteiger partial charge in [-0.2, -0.15) is 0 Å². The monoisotopic (exact) mass is 568 g/mol. The SMILES string of the molecule is C=CCN(C(=O)OC(C)(C)C)C1=N[C@@H]2[C@@H](OC(=O)c3ccccc3)[C@H](OC(=O)c3ccccc3)[C@@H](CO)O[C@@H]2S1. The molecule has 2 heterocycles. The molecule has 10 nitrogen and oxygen atoms in total. The first-order chi connectivity index (χ1) is 19.1. The van der Waals surface area contributed by atoms with Crippen LogP contribution < -0.4 is 0 Å². The normalized spacial score (nSPS) is 23.8. The van der Waals surface area contributed by atoms with Gasteiger partial charge in [-0.05, 0) is 45.0 Å². The van der Waals surface area contributed by atoms with E-state index in [9.17, 15) is 19.5 Å². The number of carbonyl (C=O) groups is 3. The molecule has 0 unspecified atom stereocenters. The van der Waals surface area contributed by atoms with Gasteiger partial charge in [0.05, 0.1) is 17.7 Å². The van der Waals surface area contributed by atoms with Crippen LogP contribution in [0.4, 0.5) is 4.79 Å². The Kier molecular flexibility index (Phi) is 9.28. The number of amidine groups is 1. The van der Waals surface area contributed by atoms with Crippen LogP contribution >= 0.6 is 11.8 Å². The molecule has 1 fully saturated rings. The number of fused-ring (bicyclic) bond motifs is 1. The number of amides is 1. The molecule has 0 aromatic heterocycles. The van der Waals surface area contributed by atoms with E-state index in [2.05, 4.69) is 11.6 Å². The van der Waals surface area contributed by atoms with E-state index in [1.807, 2.05) is 0 Å². The smallest absolute Gasteiger partial charge is 0.416 e. The third kappa shape index (κ3) is 6.90. The van der Waals surface area contributed by atoms with E-state index in [0.717, 1.165) is 11.8 Å². The lowest BCUT2D eigenvalue weighted by Gasteiger charge is -2.41. The molecule has 4 rings (SSSR count). The minimum Gasteiger partial charge on any atom is -0.452 e. The van der Waals surface area contributed by atoms with E-state index >= 15 is 0 Å². The van der Waals surface area contributed by atoms with Crippen LogP contribution in [-0.2, 0) is 18.9 Å². The fourth-order valence-electron chi connectivity index (χ4n) is 4.15. The molecule has 2 aliphatic heterocycles. The summed E-state index contributed by atoms with van der Waals surface area (Å²) in [4.78, 5) is 45.2. The lowest BCUT2D eigenvalue weighted by molar-refractivity contribution is -0.168. The van der Waals surface area contributed by atoms with Gasteiger partial charge in [-0.25, -0.2) is 14.4 Å². The molecule has 2 aromatic carbocycles. The van der Waals surface area contributed by atoms with Crippen LogP contribution in [0.1, 0.15) is 41.5 Å². The first-order valence-electron chi connectivity index (χ1n) is 12.8. The zero-order valence-electron chi connectivity index (χ0n) is 22.5. The fourth-order valence-corrected chi connectivity index (χ4v) is 5.37. The van der Waals surface area contributed by atoms with Crippen LogP contribution in [0.2, 0.25) is 0 Å². The van der Waals surface area contributed by atoms with Crippen LogP contribution in [0.25, 0.3) is 0 Å². The largest absolute Gasteiger partial charge is 0.452 e. The van der Waals surface area contributed by atoms with Gasteiger partial charge in [0.15, 0.2) is 17.4 Å². The van der Waals surface area contributed by atoms with E-state index in [4.69, 9.17) is 18.9 Å². The Hall–Kier alpha value is -3.67. The number of rotatable bonds is 7. The minimum absolute atomic E-state index is 0.102. The van der Waals surface area contributed by atoms with Crippen LogP contribution in [0.3, 0.4) is 0 Å². The maximum Gasteiger partial charge on any atom is 0.416 e. The summed E-state index contributed by atoms with van der Waals surface area (Å²) in [6, 6.07) is 15.8. The Bertz CT molecular complexity index is 1250. The van der Waals surface area contributed by atoms with Crippen molar-refractivity contribution in [3.8, 4) is 0 Å². The van der Waals surface area contributed by atoms with Crippen molar-refractivity contribution in [3.63, 3.8) is 0 Å². The number of benzene rings is 2. The predicted molar refractivity (Wildman–Crippen MR) is 149 cm³/mol. The molecule has 212 valence electrons. The number of nitrogens with zero attached hydrogens (tertiary/aromatic N) is 2. The summed E-state index contributed by atoms with van der Waals surface area (Å²) in [5.41, 5.74) is -0.935. The summed E-state index contributed by atoms with van der Waals surface area (Å²) in [5, 5.41) is 10.5. The number of carbonyl (C=O) groups excluding carboxylic acids is 3. The second-order valence-corrected chi connectivity index (χ2v) is 11.2. The third-order valence-corrected chi connectivity index (χ3v) is 7.10. The quantitative estimate of drug-likeness (QED) is 0.299. The van der Waals surface area contributed by atoms with Crippen molar-refractivity contribution in [2.75, 3.05) is 13.2 Å². The molecule has 1 saturated heterocycles. The van der Waals surface area contributed by atoms with Gasteiger partial charge >= 0.3 is 18.0 Å². The lowest BCUT2D eigenvalue weighted by Crippen LogP contribution is -2.59. The number of aliphatic hydroxyl groups excluding tert-OH is 1. The summed E-state index contributed by atoms with van der Waals surface area (Å²) < 4.78 is 23.3. The number of aliphatic hydroxyl groups is 1. The maximum absolute atomic E-state index is 13.2. The second kappa shape index (κ2) is 12.7. The first-order valence-corrected chi connectivity index (χ1v) is 13.6. The lowest BCUT2D eigenvalue weighted by atomic mass is 9.97. The molecule has 1 amide bonds. The minimum atomic E-state index is -1.19. The predicted octanol–water partition coefficient (Wildman–Crippen LogP) is 4.05. The summed E-state index contributed by atoms with van der Waals surface area (Å²) in [6.07, 6.45) is -2.46. The molecule has 0 spiro atoms. The molecule has 0 saturated carbocycles. The molecule has 0 aliphatic carbocycles. The summed E-state index contributed by atoms with van der Waals surface area (Å²) >= 11 is 1.12. The second-order valence-electron chi connectivity index (χ2n) is 10.1. The van der Waals surface area contributed by atoms with E-state index in [1.165, 1.54) is 11.0 Å². The summed E-state index contributed by atoms with van der Waals surface area (Å²) in [7, 11) is 0. The van der Waals surface area contributed by atoms with Crippen LogP contribution in [-0.4, -0.2) is 81.7 Å². The molecule has 0 radical (unpaired) electrons. The van der Waals surface area contributed by atoms with Crippen molar-refractivity contribution < 1.29 is 38.4 Å². The average molecular weight is 569 g/mol. The zero-order valence-corrected chi connectivity index (χ0v) is 23.3. The van der Waals surface area contributed by atoms with Crippen molar-refractivity contribution in [3.05, 3.63) is 84.4 Å². The van der Waals surface area contributed by atoms with Crippen LogP contribution in [0, 0.1) is 0 Å². The number of aliphatic imine (C=N–C) groups is 1. The van der Waals surface area contributed by atoms with Crippen molar-refractivity contribution in [1.82, 2.24) is 4.90 Å². The fraction of sp³-hybridized carbons (Fsp3) is 0.379. The van der Waals surface area contributed by atoms with E-state index in [0.29, 0.717) is 0 Å². The third-order valence-electron chi connectivity index (χ3n) is 5.94. The molecule has 11 heteroatoms. The van der Waals surface area contributed by atoms with Crippen LogP contribution in [0.5, 0.6) is 0 Å². The molecule has 40 heavy (non-hydrogen) atoms. The number of esters is 2. The van der Waals surface area contributed by atoms with Crippen molar-refractivity contribution in [1.29, 1.82) is 0 Å². The summed E-state index contributed by atoms with van der Waals surface area (Å²) in [6.45, 7) is 8.56. The van der Waals surface area contributed by atoms with Gasteiger partial charge in [0.2, 0.25) is 0 Å². The summed E-state index contributed by atoms with van der Waals surface area (Å²) in [5.74, 6) is -1.34. The van der Waals surface area contributed by atoms with Gasteiger partial charge in [-0.3, -0.25) is 9.89 Å². The van der Waals surface area contributed by atoms with E-state index in [-0.39, 0.29) is 22.8 Å². The number of thioether (sulfide) groups is 1. The van der Waals surface area contributed by atoms with Gasteiger partial charge in [-0.15, -0.1) is 6.58 Å². The molecular weight excluding hydrogens is 536 g/mol. The standard InChI is InChI=1S/C29H32N2O8S/c1-5-16-31(28(35)39-29(2,3)4)27-30-21-23(38-25(34)19-14-10-7-11-15-19)22(20(17-32)36-26(21)40-27)37-24(33)18-12-8-6-9-13-18/h5-15,20-23,26,32H,1,16-17H2,2-4H3/t20-,21-,22-,23-,26-/m1/s1. The van der Waals surface area contributed by atoms with E-state index in [1.54, 1.807) is 81.4 Å². The van der Waals surface area contributed by atoms with Crippen molar-refractivity contribution in [2.24, 2.45) is 4.99 Å². The number of hydrogen-bond acceptors (Lipinski definition) is 10. The van der Waals surface area contributed by atoms with Crippen molar-refractivity contribution >= 4 is 35.0 Å². The highest BCUT2D eigenvalue weighted by atomic mass is 32.2. The van der Waals surface area contributed by atoms with Gasteiger partial charge in [0.1, 0.15) is 23.2 Å². The Labute approximate surface area is 237 Å². The number of hydrogen-bond donors (Lipinski definition) is 1. The van der Waals surface area contributed by atoms with Crippen LogP contribution in [0.15, 0.2) is 78.3 Å². The Morgan fingerprint density at radius 2 is 1.55 bits per heavy atom. The maximum atomic E-state index is 13.2. The van der Waals surface area contributed by atoms with Gasteiger partial charge < -0.3 is 24.1 Å². The average Bonchev–Trinajstić information content (AvgIpc) is 3.36. The molecule has 5 atom stereocenters. The van der Waals surface area contributed by atoms with Crippen molar-refractivity contribution in [2.45, 2.75) is 56.2 Å². The molecule has 2 aromatic rings. The Morgan fingerprint density at radius 3 is 2.05 bits per heavy atom. The molecule has 2 aliphatic rings. The van der Waals surface area contributed by atoms with Gasteiger partial charge in [-0.1, -0.05) is 54.2 Å². The van der Waals surface area contributed by atoms with Gasteiger partial charge in [0, 0.05) is 6.54 Å². The molecule has 1 N–H and O–H groups in total. The zero-order chi connectivity index (χ0) is 28.9. The van der Waals surface area contributed by atoms with Gasteiger partial charge in [0.25, 0.3) is 0 Å². The highest BCUT2D eigenvalue weighted by Gasteiger charge is 2.54. The molecule has 0 bridgehead atoms. The topological polar surface area (TPSA) is 124 Å². The Morgan fingerprint density at radius 1 is 1.00 bits per heavy atom. The molecular formula is C29H32N2O8S. The first kappa shape index (κ1) is 29.3.